The zero-order valence-corrected chi connectivity index (χ0v) is 11.6. The molecule has 0 aliphatic rings. The summed E-state index contributed by atoms with van der Waals surface area (Å²) in [6.45, 7) is 0. The molecule has 98 valence electrons. The number of halogens is 1. The molecule has 2 rings (SSSR count). The first-order chi connectivity index (χ1) is 9.33. The Kier molecular flexibility index (Phi) is 5.17. The predicted octanol–water partition coefficient (Wildman–Crippen LogP) is 4.95. The maximum atomic E-state index is 12.3. The van der Waals surface area contributed by atoms with E-state index in [9.17, 15) is 4.79 Å². The van der Waals surface area contributed by atoms with Gasteiger partial charge in [0, 0.05) is 17.9 Å². The van der Waals surface area contributed by atoms with E-state index in [1.807, 2.05) is 54.6 Å². The molecule has 2 aromatic carbocycles. The predicted molar refractivity (Wildman–Crippen MR) is 80.8 cm³/mol. The highest BCUT2D eigenvalue weighted by molar-refractivity contribution is 6.17. The average Bonchev–Trinajstić information content (AvgIpc) is 2.48. The van der Waals surface area contributed by atoms with Gasteiger partial charge in [0.2, 0.25) is 0 Å². The van der Waals surface area contributed by atoms with Crippen molar-refractivity contribution in [3.05, 3.63) is 60.2 Å². The smallest absolute Gasteiger partial charge is 0.163 e. The van der Waals surface area contributed by atoms with Crippen molar-refractivity contribution in [2.75, 3.05) is 5.88 Å². The molecule has 0 bridgehead atoms. The van der Waals surface area contributed by atoms with Gasteiger partial charge in [-0.1, -0.05) is 54.6 Å². The van der Waals surface area contributed by atoms with Gasteiger partial charge in [-0.05, 0) is 24.0 Å². The summed E-state index contributed by atoms with van der Waals surface area (Å²) in [6.07, 6.45) is 2.31. The Bertz CT molecular complexity index is 534. The van der Waals surface area contributed by atoms with Gasteiger partial charge in [0.05, 0.1) is 0 Å². The minimum absolute atomic E-state index is 0.199. The number of ketones is 1. The van der Waals surface area contributed by atoms with Crippen LogP contribution in [0.15, 0.2) is 54.6 Å². The topological polar surface area (TPSA) is 17.1 Å². The van der Waals surface area contributed by atoms with Gasteiger partial charge in [-0.2, -0.15) is 0 Å². The first-order valence-electron chi connectivity index (χ1n) is 6.56. The number of Topliss-reactive ketones (excluding diaryl/α,β-unsaturated/α-hetero) is 1. The van der Waals surface area contributed by atoms with E-state index in [0.29, 0.717) is 12.3 Å². The number of carbonyl (C=O) groups is 1. The van der Waals surface area contributed by atoms with Crippen molar-refractivity contribution in [3.63, 3.8) is 0 Å². The highest BCUT2D eigenvalue weighted by Crippen LogP contribution is 2.24. The van der Waals surface area contributed by atoms with Crippen LogP contribution >= 0.6 is 11.6 Å². The van der Waals surface area contributed by atoms with E-state index < -0.39 is 0 Å². The molecule has 0 amide bonds. The summed E-state index contributed by atoms with van der Waals surface area (Å²) in [7, 11) is 0. The molecule has 2 heteroatoms. The largest absolute Gasteiger partial charge is 0.294 e. The SMILES string of the molecule is O=C(CCCCCl)c1ccccc1-c1ccccc1. The molecule has 0 aliphatic heterocycles. The van der Waals surface area contributed by atoms with Crippen molar-refractivity contribution in [1.82, 2.24) is 0 Å². The summed E-state index contributed by atoms with van der Waals surface area (Å²) in [6, 6.07) is 17.8. The Labute approximate surface area is 119 Å². The quantitative estimate of drug-likeness (QED) is 0.413. The number of carbonyl (C=O) groups excluding carboxylic acids is 1. The second-order valence-corrected chi connectivity index (χ2v) is 4.86. The lowest BCUT2D eigenvalue weighted by Crippen LogP contribution is -2.01. The Morgan fingerprint density at radius 3 is 2.32 bits per heavy atom. The van der Waals surface area contributed by atoms with E-state index in [1.165, 1.54) is 0 Å². The Morgan fingerprint density at radius 1 is 0.895 bits per heavy atom. The molecule has 19 heavy (non-hydrogen) atoms. The summed E-state index contributed by atoms with van der Waals surface area (Å²) >= 11 is 5.65. The molecule has 2 aromatic rings. The number of alkyl halides is 1. The summed E-state index contributed by atoms with van der Waals surface area (Å²) < 4.78 is 0. The first kappa shape index (κ1) is 13.8. The van der Waals surface area contributed by atoms with Gasteiger partial charge in [-0.15, -0.1) is 11.6 Å². The van der Waals surface area contributed by atoms with Gasteiger partial charge >= 0.3 is 0 Å². The Morgan fingerprint density at radius 2 is 1.58 bits per heavy atom. The van der Waals surface area contributed by atoms with Crippen molar-refractivity contribution in [1.29, 1.82) is 0 Å². The van der Waals surface area contributed by atoms with Gasteiger partial charge < -0.3 is 0 Å². The molecule has 0 aromatic heterocycles. The first-order valence-corrected chi connectivity index (χ1v) is 7.10. The van der Waals surface area contributed by atoms with Crippen LogP contribution in [0.5, 0.6) is 0 Å². The maximum absolute atomic E-state index is 12.3. The second-order valence-electron chi connectivity index (χ2n) is 4.48. The number of benzene rings is 2. The number of rotatable bonds is 6. The van der Waals surface area contributed by atoms with Crippen LogP contribution in [0.2, 0.25) is 0 Å². The van der Waals surface area contributed by atoms with Crippen LogP contribution in [-0.4, -0.2) is 11.7 Å². The maximum Gasteiger partial charge on any atom is 0.163 e. The molecule has 1 nitrogen and oxygen atoms in total. The van der Waals surface area contributed by atoms with Crippen LogP contribution in [0.3, 0.4) is 0 Å². The molecule has 0 N–H and O–H groups in total. The molecule has 0 radical (unpaired) electrons. The fourth-order valence-corrected chi connectivity index (χ4v) is 2.30. The lowest BCUT2D eigenvalue weighted by molar-refractivity contribution is 0.0980. The van der Waals surface area contributed by atoms with Crippen LogP contribution in [0.4, 0.5) is 0 Å². The molecular weight excluding hydrogens is 256 g/mol. The van der Waals surface area contributed by atoms with E-state index >= 15 is 0 Å². The second kappa shape index (κ2) is 7.10. The summed E-state index contributed by atoms with van der Waals surface area (Å²) in [4.78, 5) is 12.3. The fourth-order valence-electron chi connectivity index (χ4n) is 2.11. The molecular formula is C17H17ClO. The van der Waals surface area contributed by atoms with Crippen molar-refractivity contribution < 1.29 is 4.79 Å². The van der Waals surface area contributed by atoms with Gasteiger partial charge in [0.15, 0.2) is 5.78 Å². The van der Waals surface area contributed by atoms with Crippen LogP contribution in [0.1, 0.15) is 29.6 Å². The summed E-state index contributed by atoms with van der Waals surface area (Å²) in [5.74, 6) is 0.817. The number of unbranched alkanes of at least 4 members (excludes halogenated alkanes) is 1. The molecule has 0 saturated heterocycles. The van der Waals surface area contributed by atoms with Crippen molar-refractivity contribution >= 4 is 17.4 Å². The Balaban J connectivity index is 2.24. The van der Waals surface area contributed by atoms with Crippen molar-refractivity contribution in [3.8, 4) is 11.1 Å². The highest BCUT2D eigenvalue weighted by Gasteiger charge is 2.11. The van der Waals surface area contributed by atoms with E-state index in [2.05, 4.69) is 0 Å². The monoisotopic (exact) mass is 272 g/mol. The standard InChI is InChI=1S/C17H17ClO/c18-13-7-6-12-17(19)16-11-5-4-10-15(16)14-8-2-1-3-9-14/h1-5,8-11H,6-7,12-13H2. The van der Waals surface area contributed by atoms with Crippen LogP contribution < -0.4 is 0 Å². The lowest BCUT2D eigenvalue weighted by atomic mass is 9.95. The normalized spacial score (nSPS) is 10.4. The summed E-state index contributed by atoms with van der Waals surface area (Å²) in [5, 5.41) is 0. The minimum Gasteiger partial charge on any atom is -0.294 e. The zero-order chi connectivity index (χ0) is 13.5. The zero-order valence-electron chi connectivity index (χ0n) is 10.8. The van der Waals surface area contributed by atoms with Crippen LogP contribution in [0.25, 0.3) is 11.1 Å². The van der Waals surface area contributed by atoms with Crippen LogP contribution in [0, 0.1) is 0 Å². The third-order valence-corrected chi connectivity index (χ3v) is 3.37. The molecule has 0 aliphatic carbocycles. The molecule has 0 unspecified atom stereocenters. The number of hydrogen-bond donors (Lipinski definition) is 0. The van der Waals surface area contributed by atoms with Crippen molar-refractivity contribution in [2.45, 2.75) is 19.3 Å². The molecule has 0 spiro atoms. The van der Waals surface area contributed by atoms with Gasteiger partial charge in [0.25, 0.3) is 0 Å². The van der Waals surface area contributed by atoms with E-state index in [4.69, 9.17) is 11.6 Å². The molecule has 0 heterocycles. The summed E-state index contributed by atoms with van der Waals surface area (Å²) in [5.41, 5.74) is 2.91. The van der Waals surface area contributed by atoms with Gasteiger partial charge in [0.1, 0.15) is 0 Å². The third kappa shape index (κ3) is 3.68. The van der Waals surface area contributed by atoms with Gasteiger partial charge in [-0.3, -0.25) is 4.79 Å². The fraction of sp³-hybridized carbons (Fsp3) is 0.235. The van der Waals surface area contributed by atoms with E-state index in [-0.39, 0.29) is 5.78 Å². The van der Waals surface area contributed by atoms with Gasteiger partial charge in [-0.25, -0.2) is 0 Å². The molecule has 0 fully saturated rings. The highest BCUT2D eigenvalue weighted by atomic mass is 35.5. The van der Waals surface area contributed by atoms with E-state index in [0.717, 1.165) is 29.5 Å². The molecule has 0 saturated carbocycles. The lowest BCUT2D eigenvalue weighted by Gasteiger charge is -2.08. The minimum atomic E-state index is 0.199. The van der Waals surface area contributed by atoms with E-state index in [1.54, 1.807) is 0 Å². The van der Waals surface area contributed by atoms with Crippen LogP contribution in [-0.2, 0) is 0 Å². The average molecular weight is 273 g/mol. The molecule has 0 atom stereocenters. The Hall–Kier alpha value is -1.60. The van der Waals surface area contributed by atoms with Crippen molar-refractivity contribution in [2.24, 2.45) is 0 Å². The number of hydrogen-bond acceptors (Lipinski definition) is 1. The third-order valence-electron chi connectivity index (χ3n) is 3.10.